The lowest BCUT2D eigenvalue weighted by atomic mass is 10.1. The molecule has 0 N–H and O–H groups in total. The highest BCUT2D eigenvalue weighted by molar-refractivity contribution is 5.96. The van der Waals surface area contributed by atoms with E-state index in [1.807, 2.05) is 60.1 Å². The molecule has 0 radical (unpaired) electrons. The van der Waals surface area contributed by atoms with Gasteiger partial charge in [0.05, 0.1) is 18.1 Å². The number of aromatic nitrogens is 2. The monoisotopic (exact) mass is 434 g/mol. The molecule has 0 aliphatic carbocycles. The lowest BCUT2D eigenvalue weighted by molar-refractivity contribution is -0.130. The molecule has 168 valence electrons. The number of amides is 2. The second-order valence-electron chi connectivity index (χ2n) is 8.32. The van der Waals surface area contributed by atoms with E-state index in [1.165, 1.54) is 0 Å². The van der Waals surface area contributed by atoms with Crippen LogP contribution in [0.3, 0.4) is 0 Å². The number of anilines is 1. The predicted molar refractivity (Wildman–Crippen MR) is 125 cm³/mol. The molecule has 0 spiro atoms. The van der Waals surface area contributed by atoms with Gasteiger partial charge in [-0.15, -0.1) is 0 Å². The summed E-state index contributed by atoms with van der Waals surface area (Å²) in [6.07, 6.45) is 2.39. The Kier molecular flexibility index (Phi) is 6.44. The first-order valence-corrected chi connectivity index (χ1v) is 11.1. The van der Waals surface area contributed by atoms with Crippen molar-refractivity contribution in [1.29, 1.82) is 0 Å². The summed E-state index contributed by atoms with van der Waals surface area (Å²) in [6.45, 7) is 3.62. The number of benzene rings is 2. The Balaban J connectivity index is 1.61. The summed E-state index contributed by atoms with van der Waals surface area (Å²) < 4.78 is 7.22. The molecule has 4 rings (SSSR count). The third-order valence-corrected chi connectivity index (χ3v) is 6.12. The molecular formula is C25H30N4O3. The van der Waals surface area contributed by atoms with E-state index >= 15 is 0 Å². The van der Waals surface area contributed by atoms with Crippen molar-refractivity contribution in [2.45, 2.75) is 38.6 Å². The van der Waals surface area contributed by atoms with E-state index in [9.17, 15) is 9.59 Å². The minimum atomic E-state index is -0.0780. The number of unbranched alkanes of at least 4 members (excludes halogenated alkanes) is 1. The quantitative estimate of drug-likeness (QED) is 0.541. The van der Waals surface area contributed by atoms with E-state index < -0.39 is 0 Å². The van der Waals surface area contributed by atoms with Crippen LogP contribution in [-0.4, -0.2) is 53.5 Å². The summed E-state index contributed by atoms with van der Waals surface area (Å²) >= 11 is 0. The summed E-state index contributed by atoms with van der Waals surface area (Å²) in [6, 6.07) is 15.4. The summed E-state index contributed by atoms with van der Waals surface area (Å²) in [5.74, 6) is 1.59. The van der Waals surface area contributed by atoms with Crippen LogP contribution >= 0.6 is 0 Å². The molecule has 7 nitrogen and oxygen atoms in total. The fourth-order valence-electron chi connectivity index (χ4n) is 4.24. The van der Waals surface area contributed by atoms with Gasteiger partial charge in [-0.1, -0.05) is 25.5 Å². The molecule has 2 heterocycles. The molecule has 2 amide bonds. The van der Waals surface area contributed by atoms with Crippen molar-refractivity contribution < 1.29 is 14.3 Å². The number of carbonyl (C=O) groups excluding carboxylic acids is 2. The second kappa shape index (κ2) is 9.42. The Morgan fingerprint density at radius 2 is 1.94 bits per heavy atom. The number of imidazole rings is 1. The molecule has 0 saturated carbocycles. The van der Waals surface area contributed by atoms with Crippen molar-refractivity contribution in [3.05, 3.63) is 54.4 Å². The number of rotatable bonds is 8. The van der Waals surface area contributed by atoms with Gasteiger partial charge in [0.1, 0.15) is 18.1 Å². The van der Waals surface area contributed by atoms with Gasteiger partial charge >= 0.3 is 0 Å². The van der Waals surface area contributed by atoms with Crippen molar-refractivity contribution in [2.24, 2.45) is 0 Å². The van der Waals surface area contributed by atoms with Gasteiger partial charge in [-0.05, 0) is 42.8 Å². The molecule has 32 heavy (non-hydrogen) atoms. The van der Waals surface area contributed by atoms with E-state index in [2.05, 4.69) is 6.92 Å². The van der Waals surface area contributed by atoms with Crippen LogP contribution in [0.25, 0.3) is 11.0 Å². The smallest absolute Gasteiger partial charge is 0.242 e. The first-order valence-electron chi connectivity index (χ1n) is 11.1. The van der Waals surface area contributed by atoms with Gasteiger partial charge in [0, 0.05) is 38.2 Å². The second-order valence-corrected chi connectivity index (χ2v) is 8.32. The van der Waals surface area contributed by atoms with E-state index in [0.717, 1.165) is 47.7 Å². The Bertz CT molecular complexity index is 1110. The van der Waals surface area contributed by atoms with Crippen LogP contribution in [-0.2, 0) is 16.1 Å². The fourth-order valence-corrected chi connectivity index (χ4v) is 4.24. The fraction of sp³-hybridized carbons (Fsp3) is 0.400. The molecular weight excluding hydrogens is 404 g/mol. The molecule has 1 aromatic heterocycles. The van der Waals surface area contributed by atoms with Crippen molar-refractivity contribution >= 4 is 28.5 Å². The first-order chi connectivity index (χ1) is 15.5. The Morgan fingerprint density at radius 3 is 2.66 bits per heavy atom. The predicted octanol–water partition coefficient (Wildman–Crippen LogP) is 3.82. The Morgan fingerprint density at radius 1 is 1.19 bits per heavy atom. The maximum Gasteiger partial charge on any atom is 0.242 e. The zero-order valence-corrected chi connectivity index (χ0v) is 19.0. The maximum atomic E-state index is 12.9. The molecule has 0 bridgehead atoms. The van der Waals surface area contributed by atoms with Gasteiger partial charge in [-0.25, -0.2) is 4.98 Å². The topological polar surface area (TPSA) is 67.7 Å². The van der Waals surface area contributed by atoms with Gasteiger partial charge in [-0.2, -0.15) is 0 Å². The SMILES string of the molecule is CCCCN(C)C(=O)Cn1c([C@H]2CC(=O)N(c3ccc(OC)cc3)C2)nc2ccccc21. The zero-order chi connectivity index (χ0) is 22.7. The minimum Gasteiger partial charge on any atom is -0.497 e. The van der Waals surface area contributed by atoms with Crippen LogP contribution in [0.2, 0.25) is 0 Å². The molecule has 1 saturated heterocycles. The minimum absolute atomic E-state index is 0.0548. The van der Waals surface area contributed by atoms with E-state index in [-0.39, 0.29) is 24.3 Å². The number of likely N-dealkylation sites (N-methyl/N-ethyl adjacent to an activating group) is 1. The van der Waals surface area contributed by atoms with Crippen LogP contribution in [0, 0.1) is 0 Å². The maximum absolute atomic E-state index is 12.9. The average molecular weight is 435 g/mol. The number of hydrogen-bond donors (Lipinski definition) is 0. The zero-order valence-electron chi connectivity index (χ0n) is 19.0. The molecule has 1 atom stereocenters. The lowest BCUT2D eigenvalue weighted by Crippen LogP contribution is -2.32. The van der Waals surface area contributed by atoms with E-state index in [1.54, 1.807) is 16.9 Å². The summed E-state index contributed by atoms with van der Waals surface area (Å²) in [7, 11) is 3.47. The van der Waals surface area contributed by atoms with Crippen molar-refractivity contribution in [1.82, 2.24) is 14.5 Å². The summed E-state index contributed by atoms with van der Waals surface area (Å²) in [4.78, 5) is 34.2. The van der Waals surface area contributed by atoms with Crippen molar-refractivity contribution in [3.8, 4) is 5.75 Å². The third-order valence-electron chi connectivity index (χ3n) is 6.12. The summed E-state index contributed by atoms with van der Waals surface area (Å²) in [5, 5.41) is 0. The molecule has 2 aromatic carbocycles. The van der Waals surface area contributed by atoms with Crippen LogP contribution < -0.4 is 9.64 Å². The highest BCUT2D eigenvalue weighted by Gasteiger charge is 2.35. The van der Waals surface area contributed by atoms with Crippen LogP contribution in [0.4, 0.5) is 5.69 Å². The van der Waals surface area contributed by atoms with E-state index in [0.29, 0.717) is 13.0 Å². The Hall–Kier alpha value is -3.35. The van der Waals surface area contributed by atoms with Gasteiger partial charge in [0.25, 0.3) is 0 Å². The van der Waals surface area contributed by atoms with Crippen molar-refractivity contribution in [3.63, 3.8) is 0 Å². The average Bonchev–Trinajstić information content (AvgIpc) is 3.38. The largest absolute Gasteiger partial charge is 0.497 e. The van der Waals surface area contributed by atoms with Gasteiger partial charge < -0.3 is 19.1 Å². The van der Waals surface area contributed by atoms with Gasteiger partial charge in [0.2, 0.25) is 11.8 Å². The molecule has 1 aliphatic rings. The normalized spacial score (nSPS) is 16.0. The Labute approximate surface area is 188 Å². The number of fused-ring (bicyclic) bond motifs is 1. The highest BCUT2D eigenvalue weighted by atomic mass is 16.5. The lowest BCUT2D eigenvalue weighted by Gasteiger charge is -2.20. The number of methoxy groups -OCH3 is 1. The van der Waals surface area contributed by atoms with Gasteiger partial charge in [-0.3, -0.25) is 9.59 Å². The van der Waals surface area contributed by atoms with Crippen molar-refractivity contribution in [2.75, 3.05) is 32.1 Å². The molecule has 3 aromatic rings. The van der Waals surface area contributed by atoms with Gasteiger partial charge in [0.15, 0.2) is 0 Å². The molecule has 1 fully saturated rings. The molecule has 1 aliphatic heterocycles. The third kappa shape index (κ3) is 4.33. The number of hydrogen-bond acceptors (Lipinski definition) is 4. The standard InChI is InChI=1S/C25H30N4O3/c1-4-5-14-27(2)24(31)17-29-22-9-7-6-8-21(22)26-25(29)18-15-23(30)28(16-18)19-10-12-20(32-3)13-11-19/h6-13,18H,4-5,14-17H2,1-3H3/t18-/m0/s1. The number of para-hydroxylation sites is 2. The summed E-state index contributed by atoms with van der Waals surface area (Å²) in [5.41, 5.74) is 2.62. The highest BCUT2D eigenvalue weighted by Crippen LogP contribution is 2.33. The van der Waals surface area contributed by atoms with Crippen LogP contribution in [0.5, 0.6) is 5.75 Å². The van der Waals surface area contributed by atoms with Crippen LogP contribution in [0.1, 0.15) is 37.9 Å². The molecule has 0 unspecified atom stereocenters. The number of ether oxygens (including phenoxy) is 1. The van der Waals surface area contributed by atoms with E-state index in [4.69, 9.17) is 9.72 Å². The number of carbonyl (C=O) groups is 2. The molecule has 7 heteroatoms. The first kappa shape index (κ1) is 21.9. The number of nitrogens with zero attached hydrogens (tertiary/aromatic N) is 4. The van der Waals surface area contributed by atoms with Crippen LogP contribution in [0.15, 0.2) is 48.5 Å².